The summed E-state index contributed by atoms with van der Waals surface area (Å²) in [5.41, 5.74) is 0. The Morgan fingerprint density at radius 2 is 1.89 bits per heavy atom. The van der Waals surface area contributed by atoms with Gasteiger partial charge in [0.05, 0.1) is 12.4 Å². The molecule has 0 spiro atoms. The third-order valence-electron chi connectivity index (χ3n) is 3.63. The maximum Gasteiger partial charge on any atom is 0.213 e. The molecule has 0 amide bonds. The van der Waals surface area contributed by atoms with Crippen LogP contribution in [0.15, 0.2) is 0 Å². The Bertz CT molecular complexity index is 324. The minimum Gasteiger partial charge on any atom is -0.380 e. The van der Waals surface area contributed by atoms with Gasteiger partial charge in [-0.25, -0.2) is 12.7 Å². The Morgan fingerprint density at radius 1 is 1.28 bits per heavy atom. The van der Waals surface area contributed by atoms with Crippen LogP contribution in [0.1, 0.15) is 26.7 Å². The highest BCUT2D eigenvalue weighted by Gasteiger charge is 2.28. The SMILES string of the molecule is CCOCCN1CCC(N(C)S(=O)(=O)CC)CC1. The lowest BCUT2D eigenvalue weighted by Crippen LogP contribution is -2.46. The van der Waals surface area contributed by atoms with E-state index in [0.717, 1.165) is 45.7 Å². The van der Waals surface area contributed by atoms with Crippen LogP contribution < -0.4 is 0 Å². The van der Waals surface area contributed by atoms with E-state index in [4.69, 9.17) is 4.74 Å². The van der Waals surface area contributed by atoms with Crippen LogP contribution in [-0.4, -0.2) is 69.3 Å². The second-order valence-electron chi connectivity index (χ2n) is 4.69. The van der Waals surface area contributed by atoms with Gasteiger partial charge in [0, 0.05) is 26.2 Å². The lowest BCUT2D eigenvalue weighted by atomic mass is 10.1. The van der Waals surface area contributed by atoms with E-state index >= 15 is 0 Å². The molecular formula is C12H26N2O3S. The molecule has 0 saturated carbocycles. The van der Waals surface area contributed by atoms with Crippen molar-refractivity contribution in [2.75, 3.05) is 45.6 Å². The maximum absolute atomic E-state index is 11.8. The summed E-state index contributed by atoms with van der Waals surface area (Å²) in [4.78, 5) is 2.35. The molecule has 1 aliphatic heterocycles. The molecule has 0 unspecified atom stereocenters. The summed E-state index contributed by atoms with van der Waals surface area (Å²) in [6.45, 7) is 8.09. The number of likely N-dealkylation sites (tertiary alicyclic amines) is 1. The Kier molecular flexibility index (Phi) is 6.55. The molecule has 0 N–H and O–H groups in total. The summed E-state index contributed by atoms with van der Waals surface area (Å²) in [5.74, 6) is 0.189. The molecule has 0 aliphatic carbocycles. The van der Waals surface area contributed by atoms with Crippen molar-refractivity contribution in [3.05, 3.63) is 0 Å². The summed E-state index contributed by atoms with van der Waals surface area (Å²) in [6, 6.07) is 0.165. The second kappa shape index (κ2) is 7.43. The molecule has 0 aromatic carbocycles. The standard InChI is InChI=1S/C12H26N2O3S/c1-4-17-11-10-14-8-6-12(7-9-14)13(3)18(15,16)5-2/h12H,4-11H2,1-3H3. The van der Waals surface area contributed by atoms with E-state index in [2.05, 4.69) is 4.90 Å². The van der Waals surface area contributed by atoms with Crippen molar-refractivity contribution in [3.63, 3.8) is 0 Å². The fourth-order valence-corrected chi connectivity index (χ4v) is 3.35. The van der Waals surface area contributed by atoms with Crippen molar-refractivity contribution in [3.8, 4) is 0 Å². The average molecular weight is 278 g/mol. The van der Waals surface area contributed by atoms with Crippen LogP contribution in [0.2, 0.25) is 0 Å². The summed E-state index contributed by atoms with van der Waals surface area (Å²) >= 11 is 0. The predicted octanol–water partition coefficient (Wildman–Crippen LogP) is 0.769. The molecular weight excluding hydrogens is 252 g/mol. The molecule has 1 aliphatic rings. The molecule has 1 fully saturated rings. The van der Waals surface area contributed by atoms with Gasteiger partial charge < -0.3 is 9.64 Å². The number of hydrogen-bond acceptors (Lipinski definition) is 4. The number of hydrogen-bond donors (Lipinski definition) is 0. The quantitative estimate of drug-likeness (QED) is 0.646. The van der Waals surface area contributed by atoms with Gasteiger partial charge in [0.1, 0.15) is 0 Å². The molecule has 1 heterocycles. The fraction of sp³-hybridized carbons (Fsp3) is 1.00. The van der Waals surface area contributed by atoms with Gasteiger partial charge in [-0.05, 0) is 39.8 Å². The number of rotatable bonds is 7. The third-order valence-corrected chi connectivity index (χ3v) is 5.54. The molecule has 0 aromatic rings. The number of piperidine rings is 1. The van der Waals surface area contributed by atoms with Gasteiger partial charge in [0.25, 0.3) is 0 Å². The maximum atomic E-state index is 11.8. The molecule has 1 saturated heterocycles. The highest BCUT2D eigenvalue weighted by molar-refractivity contribution is 7.89. The van der Waals surface area contributed by atoms with Crippen LogP contribution in [0.5, 0.6) is 0 Å². The predicted molar refractivity (Wildman–Crippen MR) is 73.2 cm³/mol. The van der Waals surface area contributed by atoms with E-state index in [1.165, 1.54) is 0 Å². The van der Waals surface area contributed by atoms with E-state index in [1.807, 2.05) is 6.92 Å². The van der Waals surface area contributed by atoms with Crippen LogP contribution in [0.25, 0.3) is 0 Å². The van der Waals surface area contributed by atoms with Gasteiger partial charge in [0.15, 0.2) is 0 Å². The molecule has 6 heteroatoms. The molecule has 5 nitrogen and oxygen atoms in total. The average Bonchev–Trinajstić information content (AvgIpc) is 2.39. The zero-order valence-corrected chi connectivity index (χ0v) is 12.6. The molecule has 1 rings (SSSR count). The van der Waals surface area contributed by atoms with Crippen molar-refractivity contribution < 1.29 is 13.2 Å². The molecule has 18 heavy (non-hydrogen) atoms. The summed E-state index contributed by atoms with van der Waals surface area (Å²) in [7, 11) is -1.34. The van der Waals surface area contributed by atoms with Crippen LogP contribution in [0.3, 0.4) is 0 Å². The Labute approximate surface area is 111 Å². The van der Waals surface area contributed by atoms with Crippen LogP contribution >= 0.6 is 0 Å². The first-order valence-corrected chi connectivity index (χ1v) is 8.38. The smallest absolute Gasteiger partial charge is 0.213 e. The number of ether oxygens (including phenoxy) is 1. The third kappa shape index (κ3) is 4.50. The van der Waals surface area contributed by atoms with Crippen molar-refractivity contribution in [2.24, 2.45) is 0 Å². The van der Waals surface area contributed by atoms with Crippen LogP contribution in [0.4, 0.5) is 0 Å². The van der Waals surface area contributed by atoms with Crippen LogP contribution in [-0.2, 0) is 14.8 Å². The number of nitrogens with zero attached hydrogens (tertiary/aromatic N) is 2. The molecule has 0 atom stereocenters. The highest BCUT2D eigenvalue weighted by Crippen LogP contribution is 2.17. The first kappa shape index (κ1) is 15.9. The zero-order valence-electron chi connectivity index (χ0n) is 11.8. The summed E-state index contributed by atoms with van der Waals surface area (Å²) in [5, 5.41) is 0. The van der Waals surface area contributed by atoms with E-state index in [1.54, 1.807) is 18.3 Å². The van der Waals surface area contributed by atoms with Gasteiger partial charge in [-0.2, -0.15) is 0 Å². The lowest BCUT2D eigenvalue weighted by molar-refractivity contribution is 0.0938. The van der Waals surface area contributed by atoms with Gasteiger partial charge in [-0.15, -0.1) is 0 Å². The minimum atomic E-state index is -3.05. The number of sulfonamides is 1. The summed E-state index contributed by atoms with van der Waals surface area (Å²) in [6.07, 6.45) is 1.84. The van der Waals surface area contributed by atoms with Crippen molar-refractivity contribution in [2.45, 2.75) is 32.7 Å². The minimum absolute atomic E-state index is 0.165. The molecule has 0 bridgehead atoms. The Balaban J connectivity index is 2.35. The van der Waals surface area contributed by atoms with E-state index in [-0.39, 0.29) is 11.8 Å². The van der Waals surface area contributed by atoms with Gasteiger partial charge >= 0.3 is 0 Å². The van der Waals surface area contributed by atoms with E-state index in [0.29, 0.717) is 0 Å². The Morgan fingerprint density at radius 3 is 2.39 bits per heavy atom. The van der Waals surface area contributed by atoms with Gasteiger partial charge in [-0.1, -0.05) is 0 Å². The summed E-state index contributed by atoms with van der Waals surface area (Å²) < 4.78 is 30.5. The Hall–Kier alpha value is -0.170. The first-order chi connectivity index (χ1) is 8.51. The van der Waals surface area contributed by atoms with Gasteiger partial charge in [-0.3, -0.25) is 0 Å². The topological polar surface area (TPSA) is 49.9 Å². The lowest BCUT2D eigenvalue weighted by Gasteiger charge is -2.35. The van der Waals surface area contributed by atoms with Crippen molar-refractivity contribution >= 4 is 10.0 Å². The van der Waals surface area contributed by atoms with Gasteiger partial charge in [0.2, 0.25) is 10.0 Å². The molecule has 0 radical (unpaired) electrons. The van der Waals surface area contributed by atoms with Crippen molar-refractivity contribution in [1.82, 2.24) is 9.21 Å². The highest BCUT2D eigenvalue weighted by atomic mass is 32.2. The molecule has 108 valence electrons. The monoisotopic (exact) mass is 278 g/mol. The molecule has 0 aromatic heterocycles. The normalized spacial score (nSPS) is 19.6. The second-order valence-corrected chi connectivity index (χ2v) is 7.00. The largest absolute Gasteiger partial charge is 0.380 e. The van der Waals surface area contributed by atoms with Crippen molar-refractivity contribution in [1.29, 1.82) is 0 Å². The zero-order chi connectivity index (χ0) is 13.6. The van der Waals surface area contributed by atoms with Crippen LogP contribution in [0, 0.1) is 0 Å². The van der Waals surface area contributed by atoms with E-state index in [9.17, 15) is 8.42 Å². The first-order valence-electron chi connectivity index (χ1n) is 6.77. The fourth-order valence-electron chi connectivity index (χ4n) is 2.28. The van der Waals surface area contributed by atoms with E-state index < -0.39 is 10.0 Å².